The number of benzene rings is 3. The van der Waals surface area contributed by atoms with Crippen molar-refractivity contribution >= 4 is 34.6 Å². The molecule has 0 aliphatic carbocycles. The average Bonchev–Trinajstić information content (AvgIpc) is 3.22. The van der Waals surface area contributed by atoms with Crippen LogP contribution in [0, 0.1) is 6.92 Å². The van der Waals surface area contributed by atoms with Crippen LogP contribution in [0.15, 0.2) is 93.4 Å². The van der Waals surface area contributed by atoms with E-state index >= 15 is 0 Å². The highest BCUT2D eigenvalue weighted by atomic mass is 32.1. The molecule has 0 aliphatic rings. The molecule has 0 bridgehead atoms. The van der Waals surface area contributed by atoms with Gasteiger partial charge >= 0.3 is 0 Å². The molecule has 4 nitrogen and oxygen atoms in total. The fourth-order valence-electron chi connectivity index (χ4n) is 2.85. The van der Waals surface area contributed by atoms with Crippen molar-refractivity contribution in [2.45, 2.75) is 6.92 Å². The quantitative estimate of drug-likeness (QED) is 0.260. The second-order valence-corrected chi connectivity index (χ2v) is 7.12. The first-order valence-corrected chi connectivity index (χ1v) is 9.71. The van der Waals surface area contributed by atoms with Crippen LogP contribution in [0.25, 0.3) is 22.4 Å². The maximum Gasteiger partial charge on any atom is 0.230 e. The van der Waals surface area contributed by atoms with Crippen LogP contribution in [-0.2, 0) is 0 Å². The van der Waals surface area contributed by atoms with E-state index in [0.29, 0.717) is 5.13 Å². The van der Waals surface area contributed by atoms with Crippen molar-refractivity contribution < 1.29 is 0 Å². The Hall–Kier alpha value is -3.44. The van der Waals surface area contributed by atoms with Gasteiger partial charge in [-0.2, -0.15) is 0 Å². The lowest BCUT2D eigenvalue weighted by Crippen LogP contribution is -1.80. The molecule has 0 aliphatic heterocycles. The number of aliphatic imine (C=N–C) groups is 1. The van der Waals surface area contributed by atoms with Gasteiger partial charge in [-0.3, -0.25) is 4.99 Å². The molecule has 0 unspecified atom stereocenters. The average molecular weight is 382 g/mol. The van der Waals surface area contributed by atoms with E-state index in [0.717, 1.165) is 28.2 Å². The van der Waals surface area contributed by atoms with Gasteiger partial charge in [-0.05, 0) is 48.5 Å². The minimum absolute atomic E-state index is 0.632. The third-order valence-electron chi connectivity index (χ3n) is 4.39. The minimum Gasteiger partial charge on any atom is -0.265 e. The Kier molecular flexibility index (Phi) is 5.17. The molecule has 0 saturated heterocycles. The second-order valence-electron chi connectivity index (χ2n) is 6.29. The van der Waals surface area contributed by atoms with Crippen molar-refractivity contribution in [2.24, 2.45) is 15.2 Å². The highest BCUT2D eigenvalue weighted by molar-refractivity contribution is 7.13. The first-order valence-electron chi connectivity index (χ1n) is 8.83. The first kappa shape index (κ1) is 17.9. The predicted molar refractivity (Wildman–Crippen MR) is 118 cm³/mol. The highest BCUT2D eigenvalue weighted by Gasteiger charge is 2.05. The molecule has 3 aromatic carbocycles. The fourth-order valence-corrected chi connectivity index (χ4v) is 3.50. The van der Waals surface area contributed by atoms with E-state index in [1.165, 1.54) is 22.5 Å². The molecule has 0 atom stereocenters. The molecule has 4 rings (SSSR count). The van der Waals surface area contributed by atoms with Gasteiger partial charge in [-0.25, -0.2) is 4.98 Å². The summed E-state index contributed by atoms with van der Waals surface area (Å²) in [7, 11) is 0. The molecule has 0 N–H and O–H groups in total. The summed E-state index contributed by atoms with van der Waals surface area (Å²) in [6.45, 7) is 5.51. The standard InChI is InChI=1S/C23H18N4S/c1-16-14-20(24-2)12-13-21(16)26-27-23-25-22(15-28-23)19-10-8-18(9-11-19)17-6-4-3-5-7-17/h3-15H,2H2,1H3/b27-26+. The van der Waals surface area contributed by atoms with Crippen LogP contribution in [0.1, 0.15) is 5.56 Å². The molecule has 1 heterocycles. The number of azo groups is 1. The topological polar surface area (TPSA) is 50.0 Å². The van der Waals surface area contributed by atoms with E-state index in [4.69, 9.17) is 0 Å². The monoisotopic (exact) mass is 382 g/mol. The molecule has 1 aromatic heterocycles. The Balaban J connectivity index is 1.52. The summed E-state index contributed by atoms with van der Waals surface area (Å²) < 4.78 is 0. The Morgan fingerprint density at radius 2 is 1.54 bits per heavy atom. The van der Waals surface area contributed by atoms with Crippen molar-refractivity contribution in [1.82, 2.24) is 4.98 Å². The molecular weight excluding hydrogens is 364 g/mol. The van der Waals surface area contributed by atoms with Gasteiger partial charge < -0.3 is 0 Å². The highest BCUT2D eigenvalue weighted by Crippen LogP contribution is 2.31. The molecular formula is C23H18N4S. The Morgan fingerprint density at radius 3 is 2.25 bits per heavy atom. The number of nitrogens with zero attached hydrogens (tertiary/aromatic N) is 4. The molecule has 0 fully saturated rings. The molecule has 4 aromatic rings. The molecule has 5 heteroatoms. The van der Waals surface area contributed by atoms with E-state index in [-0.39, 0.29) is 0 Å². The number of aromatic nitrogens is 1. The van der Waals surface area contributed by atoms with Crippen LogP contribution < -0.4 is 0 Å². The summed E-state index contributed by atoms with van der Waals surface area (Å²) in [6.07, 6.45) is 0. The van der Waals surface area contributed by atoms with Crippen LogP contribution in [0.4, 0.5) is 16.5 Å². The zero-order chi connectivity index (χ0) is 19.3. The Bertz CT molecular complexity index is 1130. The summed E-state index contributed by atoms with van der Waals surface area (Å²) in [5.74, 6) is 0. The normalized spacial score (nSPS) is 11.0. The van der Waals surface area contributed by atoms with Gasteiger partial charge in [0.2, 0.25) is 5.13 Å². The molecule has 0 radical (unpaired) electrons. The van der Waals surface area contributed by atoms with Crippen molar-refractivity contribution in [1.29, 1.82) is 0 Å². The van der Waals surface area contributed by atoms with Gasteiger partial charge in [0.15, 0.2) is 0 Å². The predicted octanol–water partition coefficient (Wildman–Crippen LogP) is 7.53. The summed E-state index contributed by atoms with van der Waals surface area (Å²) in [6, 6.07) is 24.4. The first-order chi connectivity index (χ1) is 13.7. The van der Waals surface area contributed by atoms with E-state index in [1.807, 2.05) is 48.7 Å². The van der Waals surface area contributed by atoms with Crippen LogP contribution in [0.5, 0.6) is 0 Å². The maximum absolute atomic E-state index is 4.59. The van der Waals surface area contributed by atoms with Crippen molar-refractivity contribution in [3.05, 3.63) is 83.7 Å². The summed E-state index contributed by atoms with van der Waals surface area (Å²) in [5.41, 5.74) is 6.99. The molecule has 0 spiro atoms. The number of hydrogen-bond donors (Lipinski definition) is 0. The van der Waals surface area contributed by atoms with Crippen LogP contribution in [0.2, 0.25) is 0 Å². The minimum atomic E-state index is 0.632. The molecule has 28 heavy (non-hydrogen) atoms. The number of thiazole rings is 1. The third-order valence-corrected chi connectivity index (χ3v) is 5.11. The lowest BCUT2D eigenvalue weighted by molar-refractivity contribution is 1.18. The second kappa shape index (κ2) is 8.06. The lowest BCUT2D eigenvalue weighted by atomic mass is 10.0. The van der Waals surface area contributed by atoms with Gasteiger partial charge in [0.05, 0.1) is 17.1 Å². The van der Waals surface area contributed by atoms with Crippen LogP contribution in [-0.4, -0.2) is 11.7 Å². The summed E-state index contributed by atoms with van der Waals surface area (Å²) in [5, 5.41) is 11.2. The van der Waals surface area contributed by atoms with E-state index in [2.05, 4.69) is 63.3 Å². The zero-order valence-electron chi connectivity index (χ0n) is 15.4. The number of rotatable bonds is 5. The van der Waals surface area contributed by atoms with E-state index in [9.17, 15) is 0 Å². The van der Waals surface area contributed by atoms with Crippen molar-refractivity contribution in [3.63, 3.8) is 0 Å². The smallest absolute Gasteiger partial charge is 0.230 e. The van der Waals surface area contributed by atoms with Crippen molar-refractivity contribution in [3.8, 4) is 22.4 Å². The van der Waals surface area contributed by atoms with E-state index < -0.39 is 0 Å². The largest absolute Gasteiger partial charge is 0.265 e. The van der Waals surface area contributed by atoms with Gasteiger partial charge in [0, 0.05) is 10.9 Å². The Morgan fingerprint density at radius 1 is 0.821 bits per heavy atom. The van der Waals surface area contributed by atoms with Gasteiger partial charge in [0.1, 0.15) is 0 Å². The van der Waals surface area contributed by atoms with Gasteiger partial charge in [-0.15, -0.1) is 21.6 Å². The number of hydrogen-bond acceptors (Lipinski definition) is 5. The Labute approximate surface area is 168 Å². The third kappa shape index (κ3) is 3.94. The SMILES string of the molecule is C=Nc1ccc(/N=N/c2nc(-c3ccc(-c4ccccc4)cc3)cs2)c(C)c1. The van der Waals surface area contributed by atoms with Crippen molar-refractivity contribution in [2.75, 3.05) is 0 Å². The lowest BCUT2D eigenvalue weighted by Gasteiger charge is -2.02. The van der Waals surface area contributed by atoms with Gasteiger partial charge in [0.25, 0.3) is 0 Å². The summed E-state index contributed by atoms with van der Waals surface area (Å²) in [4.78, 5) is 8.51. The van der Waals surface area contributed by atoms with Gasteiger partial charge in [-0.1, -0.05) is 54.6 Å². The molecule has 0 amide bonds. The van der Waals surface area contributed by atoms with Crippen LogP contribution in [0.3, 0.4) is 0 Å². The molecule has 136 valence electrons. The van der Waals surface area contributed by atoms with Crippen LogP contribution >= 0.6 is 11.3 Å². The maximum atomic E-state index is 4.59. The molecule has 0 saturated carbocycles. The number of aryl methyl sites for hydroxylation is 1. The van der Waals surface area contributed by atoms with E-state index in [1.54, 1.807) is 0 Å². The summed E-state index contributed by atoms with van der Waals surface area (Å²) >= 11 is 1.48. The zero-order valence-corrected chi connectivity index (χ0v) is 16.2. The fraction of sp³-hybridized carbons (Fsp3) is 0.0435.